The summed E-state index contributed by atoms with van der Waals surface area (Å²) < 4.78 is 0. The van der Waals surface area contributed by atoms with Gasteiger partial charge in [0.1, 0.15) is 0 Å². The fourth-order valence-corrected chi connectivity index (χ4v) is 9.01. The van der Waals surface area contributed by atoms with Crippen molar-refractivity contribution in [2.75, 3.05) is 26.3 Å². The normalized spacial score (nSPS) is 29.8. The van der Waals surface area contributed by atoms with Crippen molar-refractivity contribution in [1.82, 2.24) is 0 Å². The topological polar surface area (TPSA) is 68.7 Å². The average molecular weight is 759 g/mol. The van der Waals surface area contributed by atoms with Crippen LogP contribution in [-0.4, -0.2) is 36.5 Å². The second-order valence-electron chi connectivity index (χ2n) is 14.8. The van der Waals surface area contributed by atoms with Crippen molar-refractivity contribution in [3.05, 3.63) is 99.0 Å². The summed E-state index contributed by atoms with van der Waals surface area (Å²) in [5.74, 6) is 7.76. The molecule has 8 atom stereocenters. The second-order valence-corrected chi connectivity index (χ2v) is 14.8. The molecule has 0 bridgehead atoms. The Kier molecular flexibility index (Phi) is 27.3. The van der Waals surface area contributed by atoms with Gasteiger partial charge in [-0.15, -0.1) is 24.5 Å². The van der Waals surface area contributed by atoms with Gasteiger partial charge in [0.25, 0.3) is 0 Å². The summed E-state index contributed by atoms with van der Waals surface area (Å²) in [7, 11) is 0. The Hall–Kier alpha value is -0.611. The first-order chi connectivity index (χ1) is 21.1. The Bertz CT molecular complexity index is 1070. The van der Waals surface area contributed by atoms with Gasteiger partial charge in [0.15, 0.2) is 0 Å². The van der Waals surface area contributed by atoms with Gasteiger partial charge < -0.3 is 50.6 Å². The molecule has 2 aliphatic carbocycles. The molecule has 2 aromatic rings. The minimum absolute atomic E-state index is 0. The molecule has 2 radical (unpaired) electrons. The van der Waals surface area contributed by atoms with Crippen molar-refractivity contribution in [3.8, 4) is 0 Å². The zero-order valence-electron chi connectivity index (χ0n) is 34.1. The van der Waals surface area contributed by atoms with Crippen molar-refractivity contribution in [3.63, 3.8) is 0 Å². The van der Waals surface area contributed by atoms with E-state index >= 15 is 0 Å². The van der Waals surface area contributed by atoms with Gasteiger partial charge in [-0.05, 0) is 84.9 Å². The van der Waals surface area contributed by atoms with E-state index < -0.39 is 0 Å². The van der Waals surface area contributed by atoms with Gasteiger partial charge in [0.2, 0.25) is 0 Å². The number of hydrogen-bond acceptors (Lipinski definition) is 2. The number of aryl methyl sites for hydroxylation is 2. The van der Waals surface area contributed by atoms with Crippen LogP contribution in [0.25, 0.3) is 10.6 Å². The van der Waals surface area contributed by atoms with Crippen LogP contribution in [0.2, 0.25) is 0 Å². The van der Waals surface area contributed by atoms with Crippen LogP contribution in [-0.2, 0) is 56.3 Å². The van der Waals surface area contributed by atoms with Crippen LogP contribution in [0, 0.1) is 77.0 Å². The molecule has 0 spiro atoms. The van der Waals surface area contributed by atoms with E-state index in [1.807, 2.05) is 0 Å². The van der Waals surface area contributed by atoms with Gasteiger partial charge in [0.05, 0.1) is 0 Å². The molecular formula is C44H74N2O2Ti2. The van der Waals surface area contributed by atoms with Crippen molar-refractivity contribution in [2.24, 2.45) is 47.3 Å². The Balaban J connectivity index is -0.000000690. The van der Waals surface area contributed by atoms with Gasteiger partial charge in [0, 0.05) is 13.2 Å². The Labute approximate surface area is 341 Å². The summed E-state index contributed by atoms with van der Waals surface area (Å²) >= 11 is 0. The van der Waals surface area contributed by atoms with Crippen LogP contribution in [0.4, 0.5) is 11.4 Å². The standard InChI is InChI=1S/2C18H26N.C4H10O2.4CH3.2Ti/c2*1-11-12(2)14(4)17(13(11)3)16-9-5-7-15-8-6-10-19-18(15)16;5-3-1-2-4-6;;;;;;/h2*5,7,9,11-14,17H,6,8,10H2,1-4H3;5-6H,1-4H2;4*1H3;;/q2*-1;;4*-1;2*+3. The number of unbranched alkanes of at least 4 members (excludes halogenated alkanes) is 1. The zero-order valence-corrected chi connectivity index (χ0v) is 37.2. The molecule has 4 nitrogen and oxygen atoms in total. The fourth-order valence-electron chi connectivity index (χ4n) is 9.01. The third-order valence-electron chi connectivity index (χ3n) is 12.6. The van der Waals surface area contributed by atoms with E-state index in [2.05, 4.69) is 91.8 Å². The number of aliphatic hydroxyl groups is 2. The molecule has 280 valence electrons. The number of para-hydroxylation sites is 2. The first kappa shape index (κ1) is 53.7. The summed E-state index contributed by atoms with van der Waals surface area (Å²) in [4.78, 5) is 0. The molecule has 2 N–H and O–H groups in total. The molecule has 2 aliphatic heterocycles. The maximum atomic E-state index is 8.09. The Morgan fingerprint density at radius 2 is 0.800 bits per heavy atom. The minimum atomic E-state index is 0. The monoisotopic (exact) mass is 758 g/mol. The van der Waals surface area contributed by atoms with E-state index in [4.69, 9.17) is 20.8 Å². The average Bonchev–Trinajstić information content (AvgIpc) is 3.36. The summed E-state index contributed by atoms with van der Waals surface area (Å²) in [6.07, 6.45) is 6.31. The maximum Gasteiger partial charge on any atom is 3.00 e. The van der Waals surface area contributed by atoms with Crippen LogP contribution in [0.3, 0.4) is 0 Å². The van der Waals surface area contributed by atoms with Gasteiger partial charge in [-0.1, -0.05) is 127 Å². The smallest absolute Gasteiger partial charge is 0.684 e. The summed E-state index contributed by atoms with van der Waals surface area (Å²) in [5, 5.41) is 25.9. The van der Waals surface area contributed by atoms with Gasteiger partial charge >= 0.3 is 43.4 Å². The molecule has 8 unspecified atom stereocenters. The summed E-state index contributed by atoms with van der Waals surface area (Å²) in [6.45, 7) is 21.9. The van der Waals surface area contributed by atoms with Gasteiger partial charge in [-0.3, -0.25) is 0 Å². The molecule has 50 heavy (non-hydrogen) atoms. The van der Waals surface area contributed by atoms with Crippen LogP contribution in [0.5, 0.6) is 0 Å². The molecular weight excluding hydrogens is 684 g/mol. The number of hydrogen-bond donors (Lipinski definition) is 2. The number of benzene rings is 2. The van der Waals surface area contributed by atoms with E-state index in [0.717, 1.165) is 73.3 Å². The third-order valence-corrected chi connectivity index (χ3v) is 12.6. The van der Waals surface area contributed by atoms with Gasteiger partial charge in [-0.25, -0.2) is 0 Å². The molecule has 0 saturated heterocycles. The number of rotatable bonds is 5. The Morgan fingerprint density at radius 1 is 0.500 bits per heavy atom. The van der Waals surface area contributed by atoms with Crippen molar-refractivity contribution in [1.29, 1.82) is 0 Å². The van der Waals surface area contributed by atoms with E-state index in [1.54, 1.807) is 0 Å². The largest absolute Gasteiger partial charge is 3.00 e. The molecule has 6 heteroatoms. The molecule has 2 aromatic carbocycles. The molecule has 2 fully saturated rings. The molecule has 0 amide bonds. The predicted molar refractivity (Wildman–Crippen MR) is 213 cm³/mol. The minimum Gasteiger partial charge on any atom is -0.684 e. The van der Waals surface area contributed by atoms with Crippen molar-refractivity contribution in [2.45, 2.75) is 106 Å². The molecule has 2 heterocycles. The molecule has 0 aromatic heterocycles. The van der Waals surface area contributed by atoms with Gasteiger partial charge in [-0.2, -0.15) is 0 Å². The van der Waals surface area contributed by atoms with Crippen LogP contribution >= 0.6 is 0 Å². The third kappa shape index (κ3) is 11.9. The first-order valence-corrected chi connectivity index (χ1v) is 17.9. The zero-order chi connectivity index (χ0) is 32.0. The van der Waals surface area contributed by atoms with Crippen molar-refractivity contribution >= 4 is 11.4 Å². The van der Waals surface area contributed by atoms with E-state index in [1.165, 1.54) is 59.3 Å². The number of nitrogens with zero attached hydrogens (tertiary/aromatic N) is 2. The summed E-state index contributed by atoms with van der Waals surface area (Å²) in [6, 6.07) is 13.7. The van der Waals surface area contributed by atoms with Crippen LogP contribution in [0.15, 0.2) is 36.4 Å². The molecule has 2 saturated carbocycles. The SMILES string of the molecule is CC1C(C)C(C)C(c2cccc3c2[N-]CCC3)C1C.CC1C(C)C(C)C(c2cccc3c2[N-]CCC3)C1C.OCCCCO.[CH3-].[CH3-].[CH3-].[CH3-].[Ti+3].[Ti+3]. The van der Waals surface area contributed by atoms with E-state index in [0.29, 0.717) is 11.8 Å². The molecule has 4 aliphatic rings. The second kappa shape index (κ2) is 25.4. The number of aliphatic hydroxyl groups excluding tert-OH is 2. The number of fused-ring (bicyclic) bond motifs is 2. The predicted octanol–water partition coefficient (Wildman–Crippen LogP) is 12.1. The van der Waals surface area contributed by atoms with E-state index in [-0.39, 0.29) is 86.4 Å². The van der Waals surface area contributed by atoms with Crippen LogP contribution in [0.1, 0.15) is 115 Å². The van der Waals surface area contributed by atoms with E-state index in [9.17, 15) is 0 Å². The quantitative estimate of drug-likeness (QED) is 0.181. The fraction of sp³-hybridized carbons (Fsp3) is 0.636. The summed E-state index contributed by atoms with van der Waals surface area (Å²) in [5.41, 5.74) is 8.73. The Morgan fingerprint density at radius 3 is 1.08 bits per heavy atom. The van der Waals surface area contributed by atoms with Crippen LogP contribution < -0.4 is 0 Å². The maximum absolute atomic E-state index is 8.09. The van der Waals surface area contributed by atoms with Crippen molar-refractivity contribution < 1.29 is 53.6 Å². The first-order valence-electron chi connectivity index (χ1n) is 17.9. The molecule has 6 rings (SSSR count).